The first-order valence-electron chi connectivity index (χ1n) is 6.93. The number of nitrogens with one attached hydrogen (secondary N) is 3. The molecule has 0 aromatic rings. The van der Waals surface area contributed by atoms with E-state index in [4.69, 9.17) is 0 Å². The normalized spacial score (nSPS) is 17.9. The Morgan fingerprint density at radius 2 is 1.83 bits per heavy atom. The van der Waals surface area contributed by atoms with Gasteiger partial charge in [0.1, 0.15) is 0 Å². The molecule has 0 saturated carbocycles. The summed E-state index contributed by atoms with van der Waals surface area (Å²) in [6.45, 7) is 7.40. The highest BCUT2D eigenvalue weighted by Crippen LogP contribution is 2.17. The molecule has 0 atom stereocenters. The fourth-order valence-corrected chi connectivity index (χ4v) is 2.01. The molecule has 3 N–H and O–H groups in total. The summed E-state index contributed by atoms with van der Waals surface area (Å²) in [7, 11) is 5.88. The summed E-state index contributed by atoms with van der Waals surface area (Å²) in [6, 6.07) is 0. The van der Waals surface area contributed by atoms with E-state index in [0.29, 0.717) is 6.54 Å². The Bertz CT molecular complexity index is 225. The second-order valence-corrected chi connectivity index (χ2v) is 4.64. The third kappa shape index (κ3) is 5.33. The van der Waals surface area contributed by atoms with Crippen LogP contribution in [0.2, 0.25) is 0 Å². The zero-order valence-corrected chi connectivity index (χ0v) is 12.6. The van der Waals surface area contributed by atoms with Crippen LogP contribution in [0.3, 0.4) is 0 Å². The number of hydrogen-bond acceptors (Lipinski definition) is 4. The molecule has 0 spiro atoms. The monoisotopic (exact) mass is 258 g/mol. The smallest absolute Gasteiger partial charge is 0.240 e. The minimum atomic E-state index is -0.364. The minimum absolute atomic E-state index is 0.137. The van der Waals surface area contributed by atoms with E-state index in [1.807, 2.05) is 35.0 Å². The molecule has 18 heavy (non-hydrogen) atoms. The first-order valence-corrected chi connectivity index (χ1v) is 6.93. The van der Waals surface area contributed by atoms with Gasteiger partial charge in [-0.2, -0.15) is 0 Å². The highest BCUT2D eigenvalue weighted by atomic mass is 16.2. The van der Waals surface area contributed by atoms with Gasteiger partial charge in [-0.1, -0.05) is 13.8 Å². The van der Waals surface area contributed by atoms with Crippen LogP contribution in [0.25, 0.3) is 0 Å². The van der Waals surface area contributed by atoms with E-state index in [1.165, 1.54) is 0 Å². The molecule has 1 aliphatic rings. The Labute approximate surface area is 112 Å². The lowest BCUT2D eigenvalue weighted by atomic mass is 9.87. The van der Waals surface area contributed by atoms with E-state index >= 15 is 0 Å². The average molecular weight is 258 g/mol. The molecule has 5 heteroatoms. The van der Waals surface area contributed by atoms with Gasteiger partial charge in [-0.25, -0.2) is 0 Å². The van der Waals surface area contributed by atoms with Gasteiger partial charge in [0.2, 0.25) is 5.91 Å². The van der Waals surface area contributed by atoms with Gasteiger partial charge in [0.15, 0.2) is 0 Å². The topological polar surface area (TPSA) is 56.4 Å². The Balaban J connectivity index is 0.00000137. The quantitative estimate of drug-likeness (QED) is 0.651. The van der Waals surface area contributed by atoms with Crippen molar-refractivity contribution >= 4 is 5.91 Å². The number of carbonyl (C=O) groups excluding carboxylic acids is 1. The van der Waals surface area contributed by atoms with E-state index in [1.54, 1.807) is 0 Å². The molecule has 1 aliphatic heterocycles. The summed E-state index contributed by atoms with van der Waals surface area (Å²) in [5.74, 6) is 0.137. The van der Waals surface area contributed by atoms with Gasteiger partial charge in [0.05, 0.1) is 5.54 Å². The van der Waals surface area contributed by atoms with Crippen LogP contribution in [-0.2, 0) is 4.79 Å². The van der Waals surface area contributed by atoms with Gasteiger partial charge in [-0.05, 0) is 47.1 Å². The van der Waals surface area contributed by atoms with Crippen molar-refractivity contribution in [2.24, 2.45) is 0 Å². The van der Waals surface area contributed by atoms with Crippen LogP contribution >= 0.6 is 0 Å². The standard InChI is InChI=1S/C11H24N4O.C2H6/c1-12-11(4-6-13-7-5-11)10(16)14-8-9-15(2)3;1-2/h12-13H,4-9H2,1-3H3,(H,14,16);1-2H3. The first kappa shape index (κ1) is 17.4. The largest absolute Gasteiger partial charge is 0.353 e. The molecule has 1 rings (SSSR count). The maximum atomic E-state index is 12.1. The van der Waals surface area contributed by atoms with Gasteiger partial charge in [-0.3, -0.25) is 4.79 Å². The van der Waals surface area contributed by atoms with Crippen LogP contribution in [-0.4, -0.2) is 63.7 Å². The zero-order chi connectivity index (χ0) is 14.0. The van der Waals surface area contributed by atoms with Crippen LogP contribution in [0, 0.1) is 0 Å². The highest BCUT2D eigenvalue weighted by Gasteiger charge is 2.37. The number of hydrogen-bond donors (Lipinski definition) is 3. The molecule has 0 aliphatic carbocycles. The number of piperidine rings is 1. The van der Waals surface area contributed by atoms with Gasteiger partial charge in [0, 0.05) is 13.1 Å². The van der Waals surface area contributed by atoms with E-state index in [2.05, 4.69) is 20.9 Å². The summed E-state index contributed by atoms with van der Waals surface area (Å²) < 4.78 is 0. The molecule has 5 nitrogen and oxygen atoms in total. The average Bonchev–Trinajstić information content (AvgIpc) is 2.41. The molecular weight excluding hydrogens is 228 g/mol. The predicted molar refractivity (Wildman–Crippen MR) is 76.8 cm³/mol. The molecule has 0 unspecified atom stereocenters. The van der Waals surface area contributed by atoms with Crippen molar-refractivity contribution in [3.8, 4) is 0 Å². The van der Waals surface area contributed by atoms with E-state index < -0.39 is 0 Å². The van der Waals surface area contributed by atoms with Crippen LogP contribution < -0.4 is 16.0 Å². The van der Waals surface area contributed by atoms with Crippen molar-refractivity contribution in [1.29, 1.82) is 0 Å². The summed E-state index contributed by atoms with van der Waals surface area (Å²) in [4.78, 5) is 14.2. The van der Waals surface area contributed by atoms with E-state index in [9.17, 15) is 4.79 Å². The number of carbonyl (C=O) groups is 1. The second-order valence-electron chi connectivity index (χ2n) is 4.64. The van der Waals surface area contributed by atoms with Gasteiger partial charge < -0.3 is 20.9 Å². The maximum Gasteiger partial charge on any atom is 0.240 e. The highest BCUT2D eigenvalue weighted by molar-refractivity contribution is 5.86. The van der Waals surface area contributed by atoms with Crippen molar-refractivity contribution in [1.82, 2.24) is 20.9 Å². The van der Waals surface area contributed by atoms with Crippen LogP contribution in [0.4, 0.5) is 0 Å². The van der Waals surface area contributed by atoms with Crippen molar-refractivity contribution in [2.45, 2.75) is 32.2 Å². The third-order valence-corrected chi connectivity index (χ3v) is 3.21. The maximum absolute atomic E-state index is 12.1. The lowest BCUT2D eigenvalue weighted by Crippen LogP contribution is -2.60. The van der Waals surface area contributed by atoms with E-state index in [0.717, 1.165) is 32.5 Å². The second kappa shape index (κ2) is 9.30. The Kier molecular flexibility index (Phi) is 8.97. The summed E-state index contributed by atoms with van der Waals surface area (Å²) in [5, 5.41) is 9.47. The fourth-order valence-electron chi connectivity index (χ4n) is 2.01. The summed E-state index contributed by atoms with van der Waals surface area (Å²) in [6.07, 6.45) is 1.72. The van der Waals surface area contributed by atoms with Crippen molar-refractivity contribution in [3.63, 3.8) is 0 Å². The predicted octanol–water partition coefficient (Wildman–Crippen LogP) is 0.0320. The van der Waals surface area contributed by atoms with E-state index in [-0.39, 0.29) is 11.4 Å². The molecule has 1 amide bonds. The lowest BCUT2D eigenvalue weighted by molar-refractivity contribution is -0.128. The number of nitrogens with zero attached hydrogens (tertiary/aromatic N) is 1. The number of rotatable bonds is 5. The minimum Gasteiger partial charge on any atom is -0.353 e. The van der Waals surface area contributed by atoms with Gasteiger partial charge in [0.25, 0.3) is 0 Å². The number of likely N-dealkylation sites (N-methyl/N-ethyl adjacent to an activating group) is 2. The summed E-state index contributed by atoms with van der Waals surface area (Å²) >= 11 is 0. The third-order valence-electron chi connectivity index (χ3n) is 3.21. The van der Waals surface area contributed by atoms with Gasteiger partial charge >= 0.3 is 0 Å². The molecule has 0 aromatic heterocycles. The fraction of sp³-hybridized carbons (Fsp3) is 0.923. The van der Waals surface area contributed by atoms with Crippen molar-refractivity contribution in [2.75, 3.05) is 47.3 Å². The van der Waals surface area contributed by atoms with Crippen LogP contribution in [0.5, 0.6) is 0 Å². The Morgan fingerprint density at radius 3 is 2.28 bits per heavy atom. The molecule has 0 aromatic carbocycles. The van der Waals surface area contributed by atoms with Gasteiger partial charge in [-0.15, -0.1) is 0 Å². The zero-order valence-electron chi connectivity index (χ0n) is 12.6. The molecule has 0 radical (unpaired) electrons. The first-order chi connectivity index (χ1) is 8.60. The molecular formula is C13H30N4O. The number of amides is 1. The van der Waals surface area contributed by atoms with Crippen molar-refractivity contribution in [3.05, 3.63) is 0 Å². The summed E-state index contributed by atoms with van der Waals surface area (Å²) in [5.41, 5.74) is -0.364. The molecule has 1 saturated heterocycles. The molecule has 108 valence electrons. The van der Waals surface area contributed by atoms with Crippen LogP contribution in [0.15, 0.2) is 0 Å². The van der Waals surface area contributed by atoms with Crippen LogP contribution in [0.1, 0.15) is 26.7 Å². The SMILES string of the molecule is CC.CNC1(C(=O)NCCN(C)C)CCNCC1. The Morgan fingerprint density at radius 1 is 1.28 bits per heavy atom. The molecule has 0 bridgehead atoms. The Hall–Kier alpha value is -0.650. The molecule has 1 fully saturated rings. The molecule has 1 heterocycles. The lowest BCUT2D eigenvalue weighted by Gasteiger charge is -2.36. The van der Waals surface area contributed by atoms with Crippen molar-refractivity contribution < 1.29 is 4.79 Å².